The van der Waals surface area contributed by atoms with E-state index in [4.69, 9.17) is 10.8 Å². The predicted octanol–water partition coefficient (Wildman–Crippen LogP) is -0.582. The van der Waals surface area contributed by atoms with Gasteiger partial charge in [0.05, 0.1) is 0 Å². The van der Waals surface area contributed by atoms with Crippen molar-refractivity contribution in [3.8, 4) is 0 Å². The summed E-state index contributed by atoms with van der Waals surface area (Å²) in [6, 6.07) is -0.731. The number of hydrogen-bond donors (Lipinski definition) is 2. The molecule has 3 N–H and O–H groups in total. The van der Waals surface area contributed by atoms with E-state index in [-0.39, 0.29) is 0 Å². The lowest BCUT2D eigenvalue weighted by Crippen LogP contribution is -2.25. The summed E-state index contributed by atoms with van der Waals surface area (Å²) in [7, 11) is 0. The molecule has 0 aromatic rings. The van der Waals surface area contributed by atoms with Gasteiger partial charge in [0.25, 0.3) is 0 Å². The van der Waals surface area contributed by atoms with Crippen LogP contribution in [-0.2, 0) is 4.79 Å². The van der Waals surface area contributed by atoms with Crippen LogP contribution in [0.15, 0.2) is 0 Å². The lowest BCUT2D eigenvalue weighted by molar-refractivity contribution is -0.138. The summed E-state index contributed by atoms with van der Waals surface area (Å²) in [5.74, 6) is -0.963. The number of rotatable bonds is 1. The highest BCUT2D eigenvalue weighted by Gasteiger charge is 1.99. The van der Waals surface area contributed by atoms with Crippen LogP contribution < -0.4 is 5.73 Å². The third kappa shape index (κ3) is 1.72. The molecule has 0 radical (unpaired) electrons. The Morgan fingerprint density at radius 1 is 2.00 bits per heavy atom. The van der Waals surface area contributed by atoms with Crippen molar-refractivity contribution >= 4 is 5.97 Å². The van der Waals surface area contributed by atoms with Crippen molar-refractivity contribution in [2.24, 2.45) is 5.73 Å². The van der Waals surface area contributed by atoms with Crippen LogP contribution >= 0.6 is 0 Å². The second-order valence-electron chi connectivity index (χ2n) is 1.13. The van der Waals surface area contributed by atoms with Gasteiger partial charge in [0.2, 0.25) is 0 Å². The average molecular weight is 89.1 g/mol. The van der Waals surface area contributed by atoms with Gasteiger partial charge in [-0.1, -0.05) is 0 Å². The van der Waals surface area contributed by atoms with Gasteiger partial charge < -0.3 is 10.8 Å². The number of hydrogen-bond acceptors (Lipinski definition) is 2. The Bertz CT molecular complexity index is 59.8. The monoisotopic (exact) mass is 89.0 g/mol. The Labute approximate surface area is 35.8 Å². The fourth-order valence-corrected chi connectivity index (χ4v) is 0. The van der Waals surface area contributed by atoms with Crippen molar-refractivity contribution in [2.45, 2.75) is 13.0 Å². The predicted molar refractivity (Wildman–Crippen MR) is 21.3 cm³/mol. The van der Waals surface area contributed by atoms with Gasteiger partial charge in [-0.25, -0.2) is 0 Å². The quantitative estimate of drug-likeness (QED) is 0.451. The molecule has 6 heavy (non-hydrogen) atoms. The molecule has 0 fully saturated rings. The van der Waals surface area contributed by atoms with Crippen molar-refractivity contribution in [1.82, 2.24) is 0 Å². The smallest absolute Gasteiger partial charge is 0.320 e. The molecule has 0 amide bonds. The zero-order chi connectivity index (χ0) is 5.15. The molecule has 0 aromatic heterocycles. The highest BCUT2D eigenvalue weighted by molar-refractivity contribution is 5.72. The van der Waals surface area contributed by atoms with E-state index in [1.165, 1.54) is 6.92 Å². The van der Waals surface area contributed by atoms with E-state index in [1.54, 1.807) is 0 Å². The van der Waals surface area contributed by atoms with Gasteiger partial charge >= 0.3 is 5.97 Å². The van der Waals surface area contributed by atoms with E-state index in [0.717, 1.165) is 0 Å². The van der Waals surface area contributed by atoms with Crippen LogP contribution in [0.25, 0.3) is 0 Å². The Balaban J connectivity index is 3.26. The molecule has 0 rings (SSSR count). The SMILES string of the molecule is C[C@H](N)C(O)=[16O]. The average Bonchev–Trinajstić information content (AvgIpc) is 1.36. The molecule has 0 aliphatic rings. The summed E-state index contributed by atoms with van der Waals surface area (Å²) in [6.45, 7) is 1.42. The lowest BCUT2D eigenvalue weighted by Gasteiger charge is -1.90. The Hall–Kier alpha value is -0.570. The maximum absolute atomic E-state index is 9.57. The summed E-state index contributed by atoms with van der Waals surface area (Å²) in [6.07, 6.45) is 0. The molecule has 0 bridgehead atoms. The first kappa shape index (κ1) is 5.43. The number of nitrogens with two attached hydrogens (primary N) is 1. The summed E-state index contributed by atoms with van der Waals surface area (Å²) < 4.78 is 0. The molecule has 0 heterocycles. The molecule has 36 valence electrons. The summed E-state index contributed by atoms with van der Waals surface area (Å²) >= 11 is 0. The Morgan fingerprint density at radius 2 is 2.17 bits per heavy atom. The second-order valence-corrected chi connectivity index (χ2v) is 1.13. The maximum Gasteiger partial charge on any atom is 0.320 e. The Kier molecular flexibility index (Phi) is 1.60. The molecule has 3 heteroatoms. The zero-order valence-electron chi connectivity index (χ0n) is 3.51. The summed E-state index contributed by atoms with van der Waals surface area (Å²) in [5, 5.41) is 7.87. The van der Waals surface area contributed by atoms with E-state index in [2.05, 4.69) is 0 Å². The second kappa shape index (κ2) is 1.77. The minimum Gasteiger partial charge on any atom is -0.480 e. The maximum atomic E-state index is 9.57. The summed E-state index contributed by atoms with van der Waals surface area (Å²) in [4.78, 5) is 9.57. The van der Waals surface area contributed by atoms with Crippen LogP contribution in [0, 0.1) is 0 Å². The van der Waals surface area contributed by atoms with Crippen molar-refractivity contribution in [3.63, 3.8) is 0 Å². The fraction of sp³-hybridized carbons (Fsp3) is 0.667. The lowest BCUT2D eigenvalue weighted by atomic mass is 10.4. The molecular formula is C3H7NO2. The van der Waals surface area contributed by atoms with Gasteiger partial charge in [-0.15, -0.1) is 0 Å². The van der Waals surface area contributed by atoms with Crippen LogP contribution in [0.1, 0.15) is 6.92 Å². The summed E-state index contributed by atoms with van der Waals surface area (Å²) in [5.41, 5.74) is 4.84. The molecule has 0 saturated carbocycles. The molecule has 0 saturated heterocycles. The van der Waals surface area contributed by atoms with Crippen LogP contribution in [0.4, 0.5) is 0 Å². The van der Waals surface area contributed by atoms with Crippen LogP contribution in [0.2, 0.25) is 0 Å². The van der Waals surface area contributed by atoms with Crippen LogP contribution in [-0.4, -0.2) is 17.1 Å². The fourth-order valence-electron chi connectivity index (χ4n) is 0. The third-order valence-corrected chi connectivity index (χ3v) is 0.390. The van der Waals surface area contributed by atoms with Crippen LogP contribution in [0.3, 0.4) is 0 Å². The molecule has 0 unspecified atom stereocenters. The van der Waals surface area contributed by atoms with E-state index in [9.17, 15) is 4.79 Å². The van der Waals surface area contributed by atoms with Gasteiger partial charge in [-0.2, -0.15) is 0 Å². The molecule has 0 aromatic carbocycles. The van der Waals surface area contributed by atoms with Gasteiger partial charge in [0.1, 0.15) is 6.04 Å². The zero-order valence-corrected chi connectivity index (χ0v) is 3.51. The highest BCUT2D eigenvalue weighted by Crippen LogP contribution is 1.68. The topological polar surface area (TPSA) is 63.3 Å². The number of carboxylic acid groups (broad SMARTS) is 1. The highest BCUT2D eigenvalue weighted by atomic mass is 16.4. The molecule has 0 aliphatic heterocycles. The minimum atomic E-state index is -0.963. The van der Waals surface area contributed by atoms with Crippen molar-refractivity contribution in [2.75, 3.05) is 0 Å². The molecule has 1 atom stereocenters. The minimum absolute atomic E-state index is 0.731. The van der Waals surface area contributed by atoms with Gasteiger partial charge in [0, 0.05) is 0 Å². The van der Waals surface area contributed by atoms with E-state index in [0.29, 0.717) is 0 Å². The first-order valence-corrected chi connectivity index (χ1v) is 1.63. The number of aliphatic carboxylic acids is 1. The normalized spacial score (nSPS) is 13.7. The van der Waals surface area contributed by atoms with Gasteiger partial charge in [-0.3, -0.25) is 4.79 Å². The van der Waals surface area contributed by atoms with Crippen molar-refractivity contribution in [1.29, 1.82) is 0 Å². The van der Waals surface area contributed by atoms with Gasteiger partial charge in [-0.05, 0) is 6.92 Å². The molecular weight excluding hydrogens is 82.0 g/mol. The molecule has 3 nitrogen and oxygen atoms in total. The van der Waals surface area contributed by atoms with E-state index >= 15 is 0 Å². The van der Waals surface area contributed by atoms with E-state index < -0.39 is 12.0 Å². The third-order valence-electron chi connectivity index (χ3n) is 0.390. The number of carbonyl (C=O) groups is 1. The number of carboxylic acids is 1. The first-order valence-electron chi connectivity index (χ1n) is 1.63. The Morgan fingerprint density at radius 3 is 2.17 bits per heavy atom. The van der Waals surface area contributed by atoms with Crippen LogP contribution in [0.5, 0.6) is 0 Å². The van der Waals surface area contributed by atoms with Gasteiger partial charge in [0.15, 0.2) is 0 Å². The largest absolute Gasteiger partial charge is 0.480 e. The van der Waals surface area contributed by atoms with Crippen molar-refractivity contribution in [3.05, 3.63) is 0 Å². The standard InChI is InChI=1S/C3H7NO2/c1-2(4)3(5)6/h2H,4H2,1H3,(H,5,6)/t2-/m0/s1/i5+0. The molecule has 0 spiro atoms. The first-order chi connectivity index (χ1) is 2.64. The van der Waals surface area contributed by atoms with Crippen molar-refractivity contribution < 1.29 is 9.90 Å². The molecule has 0 aliphatic carbocycles. The van der Waals surface area contributed by atoms with E-state index in [1.807, 2.05) is 0 Å².